The predicted octanol–water partition coefficient (Wildman–Crippen LogP) is 0.423. The summed E-state index contributed by atoms with van der Waals surface area (Å²) in [6.45, 7) is 3.16. The monoisotopic (exact) mass is 368 g/mol. The molecule has 1 aromatic carbocycles. The molecule has 1 saturated heterocycles. The number of carbonyl (C=O) groups excluding carboxylic acids is 1. The molecule has 3 aromatic rings. The van der Waals surface area contributed by atoms with Crippen molar-refractivity contribution in [2.75, 3.05) is 31.2 Å². The average Bonchev–Trinajstić information content (AvgIpc) is 3.03. The number of aromatic nitrogens is 4. The van der Waals surface area contributed by atoms with Crippen molar-refractivity contribution in [1.82, 2.24) is 24.8 Å². The van der Waals surface area contributed by atoms with Crippen molar-refractivity contribution in [3.8, 4) is 0 Å². The molecular formula is C18H20N6O3. The van der Waals surface area contributed by atoms with Crippen LogP contribution < -0.4 is 15.8 Å². The Labute approximate surface area is 155 Å². The topological polar surface area (TPSA) is 105 Å². The first-order chi connectivity index (χ1) is 13.1. The molecule has 0 atom stereocenters. The van der Waals surface area contributed by atoms with Crippen molar-refractivity contribution in [2.24, 2.45) is 7.05 Å². The first kappa shape index (κ1) is 17.2. The van der Waals surface area contributed by atoms with Gasteiger partial charge in [-0.1, -0.05) is 0 Å². The minimum Gasteiger partial charge on any atom is -0.378 e. The largest absolute Gasteiger partial charge is 0.378 e. The SMILES string of the molecule is Cn1c(N2CCOCC2)nc2cc(C(=O)NCc3cc(=O)[nH]cn3)ccc21. The average molecular weight is 368 g/mol. The van der Waals surface area contributed by atoms with Crippen LogP contribution in [0.25, 0.3) is 11.0 Å². The molecule has 3 heterocycles. The summed E-state index contributed by atoms with van der Waals surface area (Å²) in [6, 6.07) is 6.80. The number of hydrogen-bond donors (Lipinski definition) is 2. The molecule has 2 aromatic heterocycles. The number of aromatic amines is 1. The lowest BCUT2D eigenvalue weighted by molar-refractivity contribution is 0.0950. The maximum absolute atomic E-state index is 12.5. The van der Waals surface area contributed by atoms with Crippen LogP contribution in [0.5, 0.6) is 0 Å². The lowest BCUT2D eigenvalue weighted by atomic mass is 10.2. The fraction of sp³-hybridized carbons (Fsp3) is 0.333. The van der Waals surface area contributed by atoms with Crippen molar-refractivity contribution in [3.05, 3.63) is 52.2 Å². The van der Waals surface area contributed by atoms with Gasteiger partial charge >= 0.3 is 0 Å². The summed E-state index contributed by atoms with van der Waals surface area (Å²) in [4.78, 5) is 37.1. The number of amides is 1. The molecule has 1 aliphatic rings. The van der Waals surface area contributed by atoms with E-state index < -0.39 is 0 Å². The number of imidazole rings is 1. The minimum absolute atomic E-state index is 0.183. The van der Waals surface area contributed by atoms with Crippen LogP contribution in [0, 0.1) is 0 Å². The van der Waals surface area contributed by atoms with E-state index in [0.29, 0.717) is 24.5 Å². The molecule has 0 saturated carbocycles. The van der Waals surface area contributed by atoms with E-state index in [1.807, 2.05) is 17.7 Å². The molecule has 1 fully saturated rings. The number of fused-ring (bicyclic) bond motifs is 1. The molecule has 2 N–H and O–H groups in total. The normalized spacial score (nSPS) is 14.5. The van der Waals surface area contributed by atoms with Crippen molar-refractivity contribution >= 4 is 22.9 Å². The first-order valence-corrected chi connectivity index (χ1v) is 8.73. The third-order valence-electron chi connectivity index (χ3n) is 4.58. The van der Waals surface area contributed by atoms with Gasteiger partial charge in [0.05, 0.1) is 42.8 Å². The van der Waals surface area contributed by atoms with Crippen LogP contribution in [-0.2, 0) is 18.3 Å². The fourth-order valence-corrected chi connectivity index (χ4v) is 3.15. The first-order valence-electron chi connectivity index (χ1n) is 8.73. The van der Waals surface area contributed by atoms with Gasteiger partial charge in [0.25, 0.3) is 11.5 Å². The smallest absolute Gasteiger partial charge is 0.251 e. The molecule has 27 heavy (non-hydrogen) atoms. The van der Waals surface area contributed by atoms with E-state index in [9.17, 15) is 9.59 Å². The summed E-state index contributed by atoms with van der Waals surface area (Å²) in [5, 5.41) is 2.78. The fourth-order valence-electron chi connectivity index (χ4n) is 3.15. The van der Waals surface area contributed by atoms with Crippen molar-refractivity contribution in [3.63, 3.8) is 0 Å². The number of carbonyl (C=O) groups is 1. The van der Waals surface area contributed by atoms with E-state index in [0.717, 1.165) is 30.1 Å². The summed E-state index contributed by atoms with van der Waals surface area (Å²) >= 11 is 0. The second kappa shape index (κ2) is 7.20. The van der Waals surface area contributed by atoms with Gasteiger partial charge in [-0.05, 0) is 18.2 Å². The molecule has 0 bridgehead atoms. The second-order valence-corrected chi connectivity index (χ2v) is 6.36. The van der Waals surface area contributed by atoms with Crippen LogP contribution in [0.4, 0.5) is 5.95 Å². The summed E-state index contributed by atoms with van der Waals surface area (Å²) in [5.74, 6) is 0.635. The Morgan fingerprint density at radius 2 is 2.11 bits per heavy atom. The van der Waals surface area contributed by atoms with Crippen molar-refractivity contribution in [2.45, 2.75) is 6.54 Å². The number of aryl methyl sites for hydroxylation is 1. The Kier molecular flexibility index (Phi) is 4.59. The Morgan fingerprint density at radius 1 is 1.30 bits per heavy atom. The van der Waals surface area contributed by atoms with Gasteiger partial charge < -0.3 is 24.5 Å². The van der Waals surface area contributed by atoms with Crippen LogP contribution in [0.1, 0.15) is 16.1 Å². The highest BCUT2D eigenvalue weighted by molar-refractivity contribution is 5.97. The molecule has 9 heteroatoms. The lowest BCUT2D eigenvalue weighted by Crippen LogP contribution is -2.37. The van der Waals surface area contributed by atoms with E-state index >= 15 is 0 Å². The summed E-state index contributed by atoms with van der Waals surface area (Å²) in [7, 11) is 1.97. The summed E-state index contributed by atoms with van der Waals surface area (Å²) in [6.07, 6.45) is 1.32. The lowest BCUT2D eigenvalue weighted by Gasteiger charge is -2.27. The molecule has 0 radical (unpaired) electrons. The number of benzene rings is 1. The third kappa shape index (κ3) is 3.54. The highest BCUT2D eigenvalue weighted by Crippen LogP contribution is 2.23. The van der Waals surface area contributed by atoms with E-state index in [2.05, 4.69) is 20.2 Å². The zero-order valence-corrected chi connectivity index (χ0v) is 14.9. The van der Waals surface area contributed by atoms with Crippen LogP contribution >= 0.6 is 0 Å². The third-order valence-corrected chi connectivity index (χ3v) is 4.58. The summed E-state index contributed by atoms with van der Waals surface area (Å²) in [5.41, 5.74) is 2.49. The Bertz CT molecular complexity index is 1030. The molecule has 4 rings (SSSR count). The van der Waals surface area contributed by atoms with Crippen molar-refractivity contribution < 1.29 is 9.53 Å². The molecule has 9 nitrogen and oxygen atoms in total. The van der Waals surface area contributed by atoms with Gasteiger partial charge in [-0.15, -0.1) is 0 Å². The van der Waals surface area contributed by atoms with Gasteiger partial charge in [-0.3, -0.25) is 9.59 Å². The minimum atomic E-state index is -0.250. The summed E-state index contributed by atoms with van der Waals surface area (Å²) < 4.78 is 7.43. The van der Waals surface area contributed by atoms with Gasteiger partial charge in [-0.2, -0.15) is 0 Å². The zero-order valence-electron chi connectivity index (χ0n) is 14.9. The predicted molar refractivity (Wildman–Crippen MR) is 99.8 cm³/mol. The molecule has 1 amide bonds. The van der Waals surface area contributed by atoms with E-state index in [1.54, 1.807) is 12.1 Å². The molecule has 0 unspecified atom stereocenters. The van der Waals surface area contributed by atoms with Gasteiger partial charge in [-0.25, -0.2) is 9.97 Å². The molecule has 1 aliphatic heterocycles. The maximum atomic E-state index is 12.5. The van der Waals surface area contributed by atoms with Crippen LogP contribution in [0.3, 0.4) is 0 Å². The number of morpholine rings is 1. The maximum Gasteiger partial charge on any atom is 0.251 e. The number of nitrogens with zero attached hydrogens (tertiary/aromatic N) is 4. The second-order valence-electron chi connectivity index (χ2n) is 6.36. The van der Waals surface area contributed by atoms with Crippen LogP contribution in [0.2, 0.25) is 0 Å². The van der Waals surface area contributed by atoms with Gasteiger partial charge in [0.15, 0.2) is 0 Å². The van der Waals surface area contributed by atoms with E-state index in [-0.39, 0.29) is 18.0 Å². The number of anilines is 1. The molecule has 140 valence electrons. The van der Waals surface area contributed by atoms with Gasteiger partial charge in [0.1, 0.15) is 0 Å². The van der Waals surface area contributed by atoms with E-state index in [4.69, 9.17) is 9.72 Å². The molecular weight excluding hydrogens is 348 g/mol. The van der Waals surface area contributed by atoms with E-state index in [1.165, 1.54) is 12.4 Å². The quantitative estimate of drug-likeness (QED) is 0.692. The highest BCUT2D eigenvalue weighted by Gasteiger charge is 2.18. The van der Waals surface area contributed by atoms with Crippen LogP contribution in [0.15, 0.2) is 35.4 Å². The highest BCUT2D eigenvalue weighted by atomic mass is 16.5. The van der Waals surface area contributed by atoms with Crippen LogP contribution in [-0.4, -0.2) is 51.7 Å². The number of ether oxygens (including phenoxy) is 1. The van der Waals surface area contributed by atoms with Crippen molar-refractivity contribution in [1.29, 1.82) is 0 Å². The number of nitrogens with one attached hydrogen (secondary N) is 2. The van der Waals surface area contributed by atoms with Gasteiger partial charge in [0, 0.05) is 31.8 Å². The standard InChI is InChI=1S/C18H20N6O3/c1-23-15-3-2-12(17(26)19-10-13-9-16(25)21-11-20-13)8-14(15)22-18(23)24-4-6-27-7-5-24/h2-3,8-9,11H,4-7,10H2,1H3,(H,19,26)(H,20,21,25). The zero-order chi connectivity index (χ0) is 18.8. The Balaban J connectivity index is 1.53. The Hall–Kier alpha value is -3.20. The Morgan fingerprint density at radius 3 is 2.89 bits per heavy atom. The number of hydrogen-bond acceptors (Lipinski definition) is 6. The van der Waals surface area contributed by atoms with Gasteiger partial charge in [0.2, 0.25) is 5.95 Å². The molecule has 0 aliphatic carbocycles. The molecule has 0 spiro atoms. The number of H-pyrrole nitrogens is 1. The number of rotatable bonds is 4.